The molecular formula is C21H29ClN2O2S. The highest BCUT2D eigenvalue weighted by molar-refractivity contribution is 7.20. The molecule has 5 rings (SSSR count). The van der Waals surface area contributed by atoms with Gasteiger partial charge in [0.25, 0.3) is 5.91 Å². The Hall–Kier alpha value is -1.30. The topological polar surface area (TPSA) is 41.6 Å². The van der Waals surface area contributed by atoms with E-state index < -0.39 is 0 Å². The molecular weight excluding hydrogens is 380 g/mol. The zero-order valence-corrected chi connectivity index (χ0v) is 18.1. The van der Waals surface area contributed by atoms with Crippen LogP contribution in [0.4, 0.5) is 0 Å². The highest BCUT2D eigenvalue weighted by Gasteiger charge is 2.48. The molecule has 0 radical (unpaired) electrons. The maximum Gasteiger partial charge on any atom is 0.261 e. The Balaban J connectivity index is 0.00000210. The van der Waals surface area contributed by atoms with Crippen LogP contribution in [0.25, 0.3) is 10.1 Å². The van der Waals surface area contributed by atoms with Gasteiger partial charge in [-0.1, -0.05) is 0 Å². The van der Waals surface area contributed by atoms with E-state index in [1.807, 2.05) is 38.1 Å². The normalized spacial score (nSPS) is 26.0. The Labute approximate surface area is 171 Å². The smallest absolute Gasteiger partial charge is 0.261 e. The molecule has 3 aliphatic rings. The van der Waals surface area contributed by atoms with Gasteiger partial charge < -0.3 is 10.1 Å². The number of fused-ring (bicyclic) bond motifs is 4. The van der Waals surface area contributed by atoms with Gasteiger partial charge in [-0.3, -0.25) is 9.69 Å². The summed E-state index contributed by atoms with van der Waals surface area (Å²) in [7, 11) is 0. The molecule has 4 heterocycles. The molecule has 0 spiro atoms. The molecule has 27 heavy (non-hydrogen) atoms. The van der Waals surface area contributed by atoms with Crippen LogP contribution in [-0.4, -0.2) is 41.6 Å². The molecule has 1 amide bonds. The Kier molecular flexibility index (Phi) is 5.76. The van der Waals surface area contributed by atoms with E-state index >= 15 is 0 Å². The number of carbonyl (C=O) groups excluding carboxylic acids is 1. The molecule has 3 aliphatic heterocycles. The first-order valence-electron chi connectivity index (χ1n) is 9.61. The zero-order valence-electron chi connectivity index (χ0n) is 16.5. The third-order valence-electron chi connectivity index (χ3n) is 5.96. The van der Waals surface area contributed by atoms with Crippen LogP contribution in [0.5, 0.6) is 5.75 Å². The van der Waals surface area contributed by atoms with Gasteiger partial charge in [0.15, 0.2) is 0 Å². The monoisotopic (exact) mass is 408 g/mol. The summed E-state index contributed by atoms with van der Waals surface area (Å²) in [6, 6.07) is 8.28. The number of benzene rings is 1. The van der Waals surface area contributed by atoms with Crippen molar-refractivity contribution in [2.24, 2.45) is 5.92 Å². The molecule has 0 unspecified atom stereocenters. The van der Waals surface area contributed by atoms with E-state index in [2.05, 4.69) is 24.1 Å². The van der Waals surface area contributed by atoms with Crippen LogP contribution < -0.4 is 10.1 Å². The maximum atomic E-state index is 13.0. The number of nitrogens with one attached hydrogen (secondary N) is 1. The molecule has 1 aromatic carbocycles. The molecule has 148 valence electrons. The second-order valence-corrected chi connectivity index (χ2v) is 9.49. The van der Waals surface area contributed by atoms with E-state index in [-0.39, 0.29) is 36.0 Å². The van der Waals surface area contributed by atoms with Gasteiger partial charge in [-0.25, -0.2) is 0 Å². The summed E-state index contributed by atoms with van der Waals surface area (Å²) in [4.78, 5) is 16.3. The first-order valence-corrected chi connectivity index (χ1v) is 10.4. The number of halogens is 1. The number of thiophene rings is 1. The van der Waals surface area contributed by atoms with Crippen molar-refractivity contribution in [3.8, 4) is 5.75 Å². The number of piperidine rings is 3. The summed E-state index contributed by atoms with van der Waals surface area (Å²) in [6.45, 7) is 10.9. The molecule has 3 saturated heterocycles. The first-order chi connectivity index (χ1) is 12.3. The van der Waals surface area contributed by atoms with Gasteiger partial charge in [0.1, 0.15) is 5.75 Å². The standard InChI is InChI=1S/C21H28N2O2S.ClH/c1-13(2)25-16-6-5-15-11-18(26-17(15)12-16)20(24)22-19-14-7-9-23(10-8-14)21(19,3)4;/h5-6,11-14,19H,7-10H2,1-4H3,(H,22,24);1H/t19-;/m1./s1. The highest BCUT2D eigenvalue weighted by atomic mass is 35.5. The van der Waals surface area contributed by atoms with Crippen LogP contribution in [0.1, 0.15) is 50.2 Å². The lowest BCUT2D eigenvalue weighted by atomic mass is 9.72. The maximum absolute atomic E-state index is 13.0. The van der Waals surface area contributed by atoms with Gasteiger partial charge in [0.2, 0.25) is 0 Å². The second kappa shape index (κ2) is 7.61. The van der Waals surface area contributed by atoms with Crippen molar-refractivity contribution in [3.05, 3.63) is 29.1 Å². The lowest BCUT2D eigenvalue weighted by Gasteiger charge is -2.56. The number of hydrogen-bond donors (Lipinski definition) is 1. The van der Waals surface area contributed by atoms with Crippen molar-refractivity contribution >= 4 is 39.7 Å². The lowest BCUT2D eigenvalue weighted by Crippen LogP contribution is -2.69. The quantitative estimate of drug-likeness (QED) is 0.796. The fourth-order valence-electron chi connectivity index (χ4n) is 4.56. The lowest BCUT2D eigenvalue weighted by molar-refractivity contribution is -0.0377. The van der Waals surface area contributed by atoms with Gasteiger partial charge in [-0.2, -0.15) is 0 Å². The Morgan fingerprint density at radius 2 is 1.96 bits per heavy atom. The van der Waals surface area contributed by atoms with Crippen molar-refractivity contribution in [1.82, 2.24) is 10.2 Å². The van der Waals surface area contributed by atoms with Crippen LogP contribution >= 0.6 is 23.7 Å². The van der Waals surface area contributed by atoms with Gasteiger partial charge in [0, 0.05) is 16.3 Å². The molecule has 6 heteroatoms. The van der Waals surface area contributed by atoms with Crippen molar-refractivity contribution < 1.29 is 9.53 Å². The average molecular weight is 409 g/mol. The van der Waals surface area contributed by atoms with Crippen LogP contribution in [0.3, 0.4) is 0 Å². The summed E-state index contributed by atoms with van der Waals surface area (Å²) in [6.07, 6.45) is 2.53. The zero-order chi connectivity index (χ0) is 18.5. The number of ether oxygens (including phenoxy) is 1. The van der Waals surface area contributed by atoms with E-state index in [4.69, 9.17) is 4.74 Å². The molecule has 1 N–H and O–H groups in total. The van der Waals surface area contributed by atoms with Gasteiger partial charge >= 0.3 is 0 Å². The van der Waals surface area contributed by atoms with E-state index in [1.165, 1.54) is 12.8 Å². The highest BCUT2D eigenvalue weighted by Crippen LogP contribution is 2.39. The molecule has 0 saturated carbocycles. The number of amides is 1. The van der Waals surface area contributed by atoms with Gasteiger partial charge in [-0.15, -0.1) is 23.7 Å². The van der Waals surface area contributed by atoms with Crippen LogP contribution in [0, 0.1) is 5.92 Å². The van der Waals surface area contributed by atoms with E-state index in [9.17, 15) is 4.79 Å². The van der Waals surface area contributed by atoms with Gasteiger partial charge in [-0.05, 0) is 89.2 Å². The minimum Gasteiger partial charge on any atom is -0.491 e. The average Bonchev–Trinajstić information content (AvgIpc) is 3.01. The number of carbonyl (C=O) groups is 1. The van der Waals surface area contributed by atoms with Crippen molar-refractivity contribution in [1.29, 1.82) is 0 Å². The van der Waals surface area contributed by atoms with Crippen molar-refractivity contribution in [2.75, 3.05) is 13.1 Å². The predicted molar refractivity (Wildman–Crippen MR) is 114 cm³/mol. The third-order valence-corrected chi connectivity index (χ3v) is 7.06. The van der Waals surface area contributed by atoms with Crippen LogP contribution in [-0.2, 0) is 0 Å². The Bertz CT molecular complexity index is 825. The molecule has 2 bridgehead atoms. The molecule has 2 aromatic rings. The van der Waals surface area contributed by atoms with E-state index in [0.29, 0.717) is 5.92 Å². The fraction of sp³-hybridized carbons (Fsp3) is 0.571. The predicted octanol–water partition coefficient (Wildman–Crippen LogP) is 4.71. The molecule has 1 aromatic heterocycles. The van der Waals surface area contributed by atoms with Crippen molar-refractivity contribution in [2.45, 2.75) is 58.2 Å². The summed E-state index contributed by atoms with van der Waals surface area (Å²) in [5.41, 5.74) is 0.0335. The van der Waals surface area contributed by atoms with E-state index in [0.717, 1.165) is 33.8 Å². The largest absolute Gasteiger partial charge is 0.491 e. The molecule has 1 atom stereocenters. The van der Waals surface area contributed by atoms with Crippen LogP contribution in [0.15, 0.2) is 24.3 Å². The SMILES string of the molecule is CC(C)Oc1ccc2cc(C(=O)N[C@@H]3C4CCN(CC4)C3(C)C)sc2c1.Cl. The summed E-state index contributed by atoms with van der Waals surface area (Å²) in [5, 5.41) is 4.46. The van der Waals surface area contributed by atoms with Gasteiger partial charge in [0.05, 0.1) is 11.0 Å². The molecule has 0 aliphatic carbocycles. The third kappa shape index (κ3) is 3.82. The van der Waals surface area contributed by atoms with Crippen molar-refractivity contribution in [3.63, 3.8) is 0 Å². The first kappa shape index (κ1) is 20.4. The Morgan fingerprint density at radius 1 is 1.26 bits per heavy atom. The number of hydrogen-bond acceptors (Lipinski definition) is 4. The Morgan fingerprint density at radius 3 is 2.59 bits per heavy atom. The number of rotatable bonds is 4. The summed E-state index contributed by atoms with van der Waals surface area (Å²) >= 11 is 1.55. The summed E-state index contributed by atoms with van der Waals surface area (Å²) < 4.78 is 6.87. The minimum absolute atomic E-state index is 0. The molecule has 3 fully saturated rings. The fourth-order valence-corrected chi connectivity index (χ4v) is 5.55. The second-order valence-electron chi connectivity index (χ2n) is 8.41. The molecule has 4 nitrogen and oxygen atoms in total. The number of nitrogens with zero attached hydrogens (tertiary/aromatic N) is 1. The summed E-state index contributed by atoms with van der Waals surface area (Å²) in [5.74, 6) is 1.52. The minimum atomic E-state index is 0. The van der Waals surface area contributed by atoms with Crippen LogP contribution in [0.2, 0.25) is 0 Å². The van der Waals surface area contributed by atoms with E-state index in [1.54, 1.807) is 11.3 Å².